The molecule has 0 amide bonds. The van der Waals surface area contributed by atoms with Gasteiger partial charge in [-0.05, 0) is 37.5 Å². The molecule has 2 nitrogen and oxygen atoms in total. The van der Waals surface area contributed by atoms with E-state index in [0.717, 1.165) is 42.6 Å². The maximum Gasteiger partial charge on any atom is 0.127 e. The maximum atomic E-state index is 13.5. The van der Waals surface area contributed by atoms with Crippen LogP contribution in [0.2, 0.25) is 0 Å². The van der Waals surface area contributed by atoms with Crippen molar-refractivity contribution in [1.29, 1.82) is 0 Å². The predicted molar refractivity (Wildman–Crippen MR) is 62.0 cm³/mol. The van der Waals surface area contributed by atoms with E-state index in [1.165, 1.54) is 12.1 Å². The topological polar surface area (TPSA) is 35.2 Å². The molecule has 1 aliphatic carbocycles. The highest BCUT2D eigenvalue weighted by atomic mass is 19.1. The van der Waals surface area contributed by atoms with Gasteiger partial charge in [-0.3, -0.25) is 0 Å². The van der Waals surface area contributed by atoms with Gasteiger partial charge < -0.3 is 10.5 Å². The molecule has 1 fully saturated rings. The minimum absolute atomic E-state index is 0.231. The maximum absolute atomic E-state index is 13.5. The Kier molecular flexibility index (Phi) is 2.89. The van der Waals surface area contributed by atoms with E-state index in [1.807, 2.05) is 6.92 Å². The molecular weight excluding hydrogens is 205 g/mol. The van der Waals surface area contributed by atoms with Gasteiger partial charge in [0.1, 0.15) is 11.6 Å². The first-order chi connectivity index (χ1) is 7.57. The van der Waals surface area contributed by atoms with Crippen LogP contribution in [0.1, 0.15) is 36.8 Å². The zero-order valence-corrected chi connectivity index (χ0v) is 9.85. The fourth-order valence-electron chi connectivity index (χ4n) is 2.65. The van der Waals surface area contributed by atoms with Gasteiger partial charge in [0.25, 0.3) is 0 Å². The second kappa shape index (κ2) is 4.06. The molecule has 2 rings (SSSR count). The first-order valence-electron chi connectivity index (χ1n) is 5.70. The van der Waals surface area contributed by atoms with Crippen molar-refractivity contribution in [3.8, 4) is 5.75 Å². The Balaban J connectivity index is 2.53. The van der Waals surface area contributed by atoms with Crippen LogP contribution in [0.4, 0.5) is 4.39 Å². The summed E-state index contributed by atoms with van der Waals surface area (Å²) in [5.74, 6) is 0.510. The zero-order valence-electron chi connectivity index (χ0n) is 9.85. The lowest BCUT2D eigenvalue weighted by molar-refractivity contribution is 0.374. The molecule has 0 saturated heterocycles. The molecule has 2 N–H and O–H groups in total. The number of methoxy groups -OCH3 is 1. The van der Waals surface area contributed by atoms with Crippen LogP contribution >= 0.6 is 0 Å². The number of benzene rings is 1. The van der Waals surface area contributed by atoms with Crippen LogP contribution in [0.15, 0.2) is 12.1 Å². The summed E-state index contributed by atoms with van der Waals surface area (Å²) in [6.07, 6.45) is 4.03. The predicted octanol–water partition coefficient (Wildman–Crippen LogP) is 2.87. The summed E-state index contributed by atoms with van der Waals surface area (Å²) in [7, 11) is 1.61. The summed E-state index contributed by atoms with van der Waals surface area (Å²) in [6.45, 7) is 1.85. The lowest BCUT2D eigenvalue weighted by atomic mass is 9.87. The summed E-state index contributed by atoms with van der Waals surface area (Å²) >= 11 is 0. The molecule has 3 heteroatoms. The van der Waals surface area contributed by atoms with Crippen molar-refractivity contribution in [2.45, 2.75) is 38.1 Å². The van der Waals surface area contributed by atoms with Crippen molar-refractivity contribution < 1.29 is 9.13 Å². The summed E-state index contributed by atoms with van der Waals surface area (Å²) in [4.78, 5) is 0. The molecule has 0 heterocycles. The molecule has 1 saturated carbocycles. The van der Waals surface area contributed by atoms with E-state index in [0.29, 0.717) is 0 Å². The Morgan fingerprint density at radius 3 is 2.50 bits per heavy atom. The van der Waals surface area contributed by atoms with Gasteiger partial charge >= 0.3 is 0 Å². The molecule has 0 unspecified atom stereocenters. The first kappa shape index (κ1) is 11.4. The molecule has 1 aromatic carbocycles. The number of halogens is 1. The zero-order chi connectivity index (χ0) is 11.8. The molecule has 0 radical (unpaired) electrons. The molecule has 0 atom stereocenters. The highest BCUT2D eigenvalue weighted by Gasteiger charge is 2.34. The Bertz CT molecular complexity index is 397. The van der Waals surface area contributed by atoms with Gasteiger partial charge in [0, 0.05) is 11.1 Å². The molecule has 0 bridgehead atoms. The number of aryl methyl sites for hydroxylation is 1. The van der Waals surface area contributed by atoms with E-state index in [1.54, 1.807) is 7.11 Å². The summed E-state index contributed by atoms with van der Waals surface area (Å²) in [5.41, 5.74) is 7.58. The molecule has 0 spiro atoms. The molecule has 1 aromatic rings. The van der Waals surface area contributed by atoms with E-state index >= 15 is 0 Å². The van der Waals surface area contributed by atoms with Crippen molar-refractivity contribution in [3.63, 3.8) is 0 Å². The van der Waals surface area contributed by atoms with E-state index in [4.69, 9.17) is 10.5 Å². The van der Waals surface area contributed by atoms with Crippen molar-refractivity contribution in [2.24, 2.45) is 5.73 Å². The quantitative estimate of drug-likeness (QED) is 0.836. The van der Waals surface area contributed by atoms with Crippen LogP contribution in [0.5, 0.6) is 5.75 Å². The summed E-state index contributed by atoms with van der Waals surface area (Å²) in [6, 6.07) is 3.01. The largest absolute Gasteiger partial charge is 0.496 e. The van der Waals surface area contributed by atoms with Gasteiger partial charge in [-0.15, -0.1) is 0 Å². The Hall–Kier alpha value is -1.09. The van der Waals surface area contributed by atoms with Crippen LogP contribution in [0, 0.1) is 12.7 Å². The summed E-state index contributed by atoms with van der Waals surface area (Å²) in [5, 5.41) is 0. The van der Waals surface area contributed by atoms with Crippen molar-refractivity contribution in [2.75, 3.05) is 7.11 Å². The molecule has 0 aromatic heterocycles. The third-order valence-electron chi connectivity index (χ3n) is 3.48. The van der Waals surface area contributed by atoms with Gasteiger partial charge in [-0.25, -0.2) is 4.39 Å². The van der Waals surface area contributed by atoms with Crippen molar-refractivity contribution >= 4 is 0 Å². The summed E-state index contributed by atoms with van der Waals surface area (Å²) < 4.78 is 18.8. The molecule has 88 valence electrons. The number of nitrogens with two attached hydrogens (primary N) is 1. The second-order valence-corrected chi connectivity index (χ2v) is 4.67. The highest BCUT2D eigenvalue weighted by Crippen LogP contribution is 2.42. The van der Waals surface area contributed by atoms with E-state index < -0.39 is 5.54 Å². The Morgan fingerprint density at radius 1 is 1.31 bits per heavy atom. The second-order valence-electron chi connectivity index (χ2n) is 4.67. The molecule has 16 heavy (non-hydrogen) atoms. The number of ether oxygens (including phenoxy) is 1. The van der Waals surface area contributed by atoms with Gasteiger partial charge in [-0.2, -0.15) is 0 Å². The first-order valence-corrected chi connectivity index (χ1v) is 5.70. The number of rotatable bonds is 2. The monoisotopic (exact) mass is 223 g/mol. The van der Waals surface area contributed by atoms with Crippen LogP contribution in [-0.4, -0.2) is 7.11 Å². The third-order valence-corrected chi connectivity index (χ3v) is 3.48. The Labute approximate surface area is 95.6 Å². The van der Waals surface area contributed by atoms with Gasteiger partial charge in [0.15, 0.2) is 0 Å². The normalized spacial score (nSPS) is 18.8. The number of hydrogen-bond donors (Lipinski definition) is 1. The average Bonchev–Trinajstić information content (AvgIpc) is 2.65. The molecule has 0 aliphatic heterocycles. The minimum atomic E-state index is -0.405. The fraction of sp³-hybridized carbons (Fsp3) is 0.538. The third kappa shape index (κ3) is 1.80. The standard InChI is InChI=1S/C13H18FNO/c1-9-7-10(14)8-11(12(9)16-2)13(15)5-3-4-6-13/h7-8H,3-6,15H2,1-2H3. The Morgan fingerprint density at radius 2 is 1.94 bits per heavy atom. The van der Waals surface area contributed by atoms with Gasteiger partial charge in [-0.1, -0.05) is 12.8 Å². The fourth-order valence-corrected chi connectivity index (χ4v) is 2.65. The average molecular weight is 223 g/mol. The van der Waals surface area contributed by atoms with Crippen LogP contribution < -0.4 is 10.5 Å². The molecule has 1 aliphatic rings. The highest BCUT2D eigenvalue weighted by molar-refractivity contribution is 5.45. The van der Waals surface area contributed by atoms with Crippen LogP contribution in [-0.2, 0) is 5.54 Å². The number of hydrogen-bond acceptors (Lipinski definition) is 2. The van der Waals surface area contributed by atoms with E-state index in [9.17, 15) is 4.39 Å². The van der Waals surface area contributed by atoms with Crippen LogP contribution in [0.25, 0.3) is 0 Å². The van der Waals surface area contributed by atoms with Gasteiger partial charge in [0.05, 0.1) is 7.11 Å². The smallest absolute Gasteiger partial charge is 0.127 e. The minimum Gasteiger partial charge on any atom is -0.496 e. The van der Waals surface area contributed by atoms with E-state index in [-0.39, 0.29) is 5.82 Å². The van der Waals surface area contributed by atoms with Crippen LogP contribution in [0.3, 0.4) is 0 Å². The van der Waals surface area contributed by atoms with E-state index in [2.05, 4.69) is 0 Å². The van der Waals surface area contributed by atoms with Crippen molar-refractivity contribution in [3.05, 3.63) is 29.1 Å². The van der Waals surface area contributed by atoms with Crippen molar-refractivity contribution in [1.82, 2.24) is 0 Å². The lowest BCUT2D eigenvalue weighted by Crippen LogP contribution is -2.33. The SMILES string of the molecule is COc1c(C)cc(F)cc1C1(N)CCCC1. The van der Waals surface area contributed by atoms with Gasteiger partial charge in [0.2, 0.25) is 0 Å². The molecular formula is C13H18FNO. The lowest BCUT2D eigenvalue weighted by Gasteiger charge is -2.27.